The maximum atomic E-state index is 12.1. The Morgan fingerprint density at radius 2 is 1.47 bits per heavy atom. The van der Waals surface area contributed by atoms with Crippen molar-refractivity contribution in [3.8, 4) is 0 Å². The molecule has 1 aromatic carbocycles. The third-order valence-electron chi connectivity index (χ3n) is 2.32. The Kier molecular flexibility index (Phi) is 6.77. The van der Waals surface area contributed by atoms with E-state index in [0.717, 1.165) is 0 Å². The summed E-state index contributed by atoms with van der Waals surface area (Å²) in [6.07, 6.45) is 0.659. The van der Waals surface area contributed by atoms with Crippen molar-refractivity contribution in [3.05, 3.63) is 30.3 Å². The van der Waals surface area contributed by atoms with Gasteiger partial charge in [-0.3, -0.25) is 4.18 Å². The van der Waals surface area contributed by atoms with Crippen molar-refractivity contribution in [1.82, 2.24) is 0 Å². The molecule has 0 aliphatic carbocycles. The monoisotopic (exact) mass is 293 g/mol. The molecule has 1 radical (unpaired) electrons. The van der Waals surface area contributed by atoms with Crippen LogP contribution in [0.3, 0.4) is 0 Å². The molecule has 0 bridgehead atoms. The molecular formula is C14H22NaO3S. The van der Waals surface area contributed by atoms with Gasteiger partial charge in [-0.15, -0.1) is 0 Å². The molecular weight excluding hydrogens is 271 g/mol. The number of hydrogen-bond donors (Lipinski definition) is 0. The molecule has 103 valence electrons. The SMILES string of the molecule is CC(C)(C)CC(C)(C)OS(=O)(=O)c1ccccc1.[Na]. The van der Waals surface area contributed by atoms with Crippen LogP contribution in [0.5, 0.6) is 0 Å². The summed E-state index contributed by atoms with van der Waals surface area (Å²) < 4.78 is 29.6. The molecule has 0 amide bonds. The van der Waals surface area contributed by atoms with Gasteiger partial charge in [0.05, 0.1) is 10.5 Å². The van der Waals surface area contributed by atoms with Crippen molar-refractivity contribution in [1.29, 1.82) is 0 Å². The predicted molar refractivity (Wildman–Crippen MR) is 78.6 cm³/mol. The van der Waals surface area contributed by atoms with Crippen LogP contribution in [0.4, 0.5) is 0 Å². The Balaban J connectivity index is 0.00000324. The van der Waals surface area contributed by atoms with Gasteiger partial charge in [-0.1, -0.05) is 39.0 Å². The molecule has 0 N–H and O–H groups in total. The second-order valence-electron chi connectivity index (χ2n) is 6.35. The van der Waals surface area contributed by atoms with E-state index in [1.165, 1.54) is 0 Å². The molecule has 0 heterocycles. The first-order valence-corrected chi connectivity index (χ1v) is 7.43. The van der Waals surface area contributed by atoms with E-state index in [1.807, 2.05) is 0 Å². The van der Waals surface area contributed by atoms with Gasteiger partial charge in [0.1, 0.15) is 0 Å². The van der Waals surface area contributed by atoms with Gasteiger partial charge >= 0.3 is 0 Å². The van der Waals surface area contributed by atoms with Gasteiger partial charge in [0.25, 0.3) is 10.1 Å². The van der Waals surface area contributed by atoms with E-state index in [4.69, 9.17) is 4.18 Å². The molecule has 0 spiro atoms. The standard InChI is InChI=1S/C14H22O3S.Na/c1-13(2,3)11-14(4,5)17-18(15,16)12-9-7-6-8-10-12;/h6-10H,11H2,1-5H3;. The smallest absolute Gasteiger partial charge is 0.260 e. The van der Waals surface area contributed by atoms with Crippen LogP contribution in [-0.2, 0) is 14.3 Å². The molecule has 0 saturated carbocycles. The zero-order chi connectivity index (χ0) is 14.0. The summed E-state index contributed by atoms with van der Waals surface area (Å²) in [5.41, 5.74) is -0.706. The van der Waals surface area contributed by atoms with Crippen molar-refractivity contribution in [2.75, 3.05) is 0 Å². The first-order chi connectivity index (χ1) is 8.02. The summed E-state index contributed by atoms with van der Waals surface area (Å²) in [4.78, 5) is 0.201. The van der Waals surface area contributed by atoms with Gasteiger partial charge in [-0.25, -0.2) is 0 Å². The van der Waals surface area contributed by atoms with Crippen molar-refractivity contribution in [2.45, 2.75) is 51.5 Å². The van der Waals surface area contributed by atoms with Gasteiger partial charge in [-0.05, 0) is 37.8 Å². The van der Waals surface area contributed by atoms with Crippen LogP contribution < -0.4 is 0 Å². The second kappa shape index (κ2) is 6.72. The van der Waals surface area contributed by atoms with Gasteiger partial charge in [0, 0.05) is 29.6 Å². The van der Waals surface area contributed by atoms with Crippen LogP contribution in [0, 0.1) is 5.41 Å². The Bertz CT molecular complexity index is 487. The van der Waals surface area contributed by atoms with Crippen molar-refractivity contribution >= 4 is 39.7 Å². The summed E-state index contributed by atoms with van der Waals surface area (Å²) in [5, 5.41) is 0. The molecule has 1 rings (SSSR count). The van der Waals surface area contributed by atoms with Gasteiger partial charge in [-0.2, -0.15) is 8.42 Å². The Morgan fingerprint density at radius 1 is 1.00 bits per heavy atom. The van der Waals surface area contributed by atoms with Gasteiger partial charge in [0.2, 0.25) is 0 Å². The van der Waals surface area contributed by atoms with E-state index < -0.39 is 15.7 Å². The van der Waals surface area contributed by atoms with E-state index in [-0.39, 0.29) is 39.9 Å². The summed E-state index contributed by atoms with van der Waals surface area (Å²) in [6, 6.07) is 8.24. The van der Waals surface area contributed by atoms with Crippen LogP contribution in [-0.4, -0.2) is 43.6 Å². The van der Waals surface area contributed by atoms with Gasteiger partial charge < -0.3 is 0 Å². The molecule has 0 aliphatic rings. The molecule has 3 nitrogen and oxygen atoms in total. The molecule has 1 aromatic rings. The normalized spacial score (nSPS) is 12.9. The number of benzene rings is 1. The average Bonchev–Trinajstić information content (AvgIpc) is 2.13. The third-order valence-corrected chi connectivity index (χ3v) is 3.84. The molecule has 0 unspecified atom stereocenters. The minimum Gasteiger partial charge on any atom is -0.260 e. The summed E-state index contributed by atoms with van der Waals surface area (Å²) >= 11 is 0. The number of rotatable bonds is 4. The maximum absolute atomic E-state index is 12.1. The minimum atomic E-state index is -3.69. The Labute approximate surface area is 139 Å². The second-order valence-corrected chi connectivity index (χ2v) is 7.89. The zero-order valence-electron chi connectivity index (χ0n) is 12.7. The van der Waals surface area contributed by atoms with Crippen molar-refractivity contribution in [2.24, 2.45) is 5.41 Å². The van der Waals surface area contributed by atoms with Crippen LogP contribution in [0.1, 0.15) is 41.0 Å². The quantitative estimate of drug-likeness (QED) is 0.632. The first kappa shape index (κ1) is 19.1. The van der Waals surface area contributed by atoms with E-state index in [2.05, 4.69) is 20.8 Å². The van der Waals surface area contributed by atoms with Crippen LogP contribution in [0.15, 0.2) is 35.2 Å². The minimum absolute atomic E-state index is 0. The molecule has 0 atom stereocenters. The average molecular weight is 293 g/mol. The number of hydrogen-bond acceptors (Lipinski definition) is 3. The predicted octanol–water partition coefficient (Wildman–Crippen LogP) is 3.23. The van der Waals surface area contributed by atoms with Crippen molar-refractivity contribution in [3.63, 3.8) is 0 Å². The largest absolute Gasteiger partial charge is 0.297 e. The van der Waals surface area contributed by atoms with E-state index in [1.54, 1.807) is 44.2 Å². The Hall–Kier alpha value is 0.130. The van der Waals surface area contributed by atoms with E-state index in [9.17, 15) is 8.42 Å². The molecule has 0 saturated heterocycles. The topological polar surface area (TPSA) is 43.4 Å². The molecule has 5 heteroatoms. The maximum Gasteiger partial charge on any atom is 0.297 e. The van der Waals surface area contributed by atoms with Crippen LogP contribution in [0.25, 0.3) is 0 Å². The third kappa shape index (κ3) is 6.91. The summed E-state index contributed by atoms with van der Waals surface area (Å²) in [5.74, 6) is 0. The van der Waals surface area contributed by atoms with Crippen LogP contribution in [0.2, 0.25) is 0 Å². The molecule has 0 fully saturated rings. The fourth-order valence-electron chi connectivity index (χ4n) is 2.24. The summed E-state index contributed by atoms with van der Waals surface area (Å²) in [7, 11) is -3.69. The zero-order valence-corrected chi connectivity index (χ0v) is 15.5. The molecule has 19 heavy (non-hydrogen) atoms. The fourth-order valence-corrected chi connectivity index (χ4v) is 3.48. The Morgan fingerprint density at radius 3 is 1.89 bits per heavy atom. The molecule has 0 aliphatic heterocycles. The van der Waals surface area contributed by atoms with E-state index in [0.29, 0.717) is 6.42 Å². The fraction of sp³-hybridized carbons (Fsp3) is 0.571. The van der Waals surface area contributed by atoms with Gasteiger partial charge in [0.15, 0.2) is 0 Å². The molecule has 0 aromatic heterocycles. The first-order valence-electron chi connectivity index (χ1n) is 6.03. The van der Waals surface area contributed by atoms with E-state index >= 15 is 0 Å². The van der Waals surface area contributed by atoms with Crippen LogP contribution >= 0.6 is 0 Å². The van der Waals surface area contributed by atoms with Crippen molar-refractivity contribution < 1.29 is 12.6 Å². The summed E-state index contributed by atoms with van der Waals surface area (Å²) in [6.45, 7) is 9.80.